The highest BCUT2D eigenvalue weighted by molar-refractivity contribution is 5.96. The number of aromatic nitrogens is 2. The van der Waals surface area contributed by atoms with Crippen molar-refractivity contribution in [2.75, 3.05) is 51.3 Å². The molecular formula is C28H30FN5O3. The summed E-state index contributed by atoms with van der Waals surface area (Å²) in [4.78, 5) is 31.3. The number of methoxy groups -OCH3 is 1. The van der Waals surface area contributed by atoms with Crippen molar-refractivity contribution in [3.8, 4) is 17.0 Å². The number of carbonyl (C=O) groups excluding carboxylic acids is 2. The lowest BCUT2D eigenvalue weighted by Crippen LogP contribution is -2.44. The highest BCUT2D eigenvalue weighted by Gasteiger charge is 2.24. The molecule has 0 bridgehead atoms. The van der Waals surface area contributed by atoms with Crippen molar-refractivity contribution in [1.82, 2.24) is 20.0 Å². The molecule has 2 amide bonds. The van der Waals surface area contributed by atoms with Crippen LogP contribution < -0.4 is 9.64 Å². The number of halogens is 1. The van der Waals surface area contributed by atoms with E-state index < -0.39 is 5.82 Å². The van der Waals surface area contributed by atoms with Gasteiger partial charge in [-0.3, -0.25) is 9.59 Å². The molecule has 3 aromatic rings. The predicted octanol–water partition coefficient (Wildman–Crippen LogP) is 3.66. The molecule has 0 unspecified atom stereocenters. The fourth-order valence-electron chi connectivity index (χ4n) is 4.24. The third-order valence-electron chi connectivity index (χ3n) is 6.24. The summed E-state index contributed by atoms with van der Waals surface area (Å²) >= 11 is 0. The Kier molecular flexibility index (Phi) is 8.45. The molecule has 192 valence electrons. The Morgan fingerprint density at radius 3 is 2.57 bits per heavy atom. The second kappa shape index (κ2) is 12.1. The van der Waals surface area contributed by atoms with Gasteiger partial charge < -0.3 is 19.4 Å². The summed E-state index contributed by atoms with van der Waals surface area (Å²) in [5, 5.41) is 8.82. The molecule has 0 spiro atoms. The zero-order chi connectivity index (χ0) is 26.2. The first-order valence-electron chi connectivity index (χ1n) is 12.1. The monoisotopic (exact) mass is 503 g/mol. The lowest BCUT2D eigenvalue weighted by molar-refractivity contribution is -0.131. The number of ether oxygens (including phenoxy) is 1. The van der Waals surface area contributed by atoms with Crippen molar-refractivity contribution >= 4 is 17.6 Å². The van der Waals surface area contributed by atoms with Gasteiger partial charge in [0, 0.05) is 43.9 Å². The molecule has 1 saturated heterocycles. The summed E-state index contributed by atoms with van der Waals surface area (Å²) in [7, 11) is 1.63. The minimum absolute atomic E-state index is 0.0722. The van der Waals surface area contributed by atoms with E-state index in [9.17, 15) is 14.0 Å². The first-order valence-corrected chi connectivity index (χ1v) is 12.1. The van der Waals surface area contributed by atoms with Crippen LogP contribution in [0.4, 0.5) is 10.2 Å². The van der Waals surface area contributed by atoms with Crippen molar-refractivity contribution in [2.24, 2.45) is 0 Å². The van der Waals surface area contributed by atoms with Crippen LogP contribution in [0.25, 0.3) is 11.3 Å². The quantitative estimate of drug-likeness (QED) is 0.437. The Morgan fingerprint density at radius 2 is 1.86 bits per heavy atom. The smallest absolute Gasteiger partial charge is 0.254 e. The predicted molar refractivity (Wildman–Crippen MR) is 140 cm³/mol. The average Bonchev–Trinajstić information content (AvgIpc) is 3.19. The Labute approximate surface area is 216 Å². The third-order valence-corrected chi connectivity index (χ3v) is 6.24. The minimum Gasteiger partial charge on any atom is -0.497 e. The summed E-state index contributed by atoms with van der Waals surface area (Å²) in [5.41, 5.74) is 2.00. The van der Waals surface area contributed by atoms with Crippen LogP contribution in [0.3, 0.4) is 0 Å². The molecule has 1 aromatic heterocycles. The van der Waals surface area contributed by atoms with Gasteiger partial charge in [0.1, 0.15) is 18.1 Å². The van der Waals surface area contributed by atoms with Gasteiger partial charge in [0.15, 0.2) is 5.82 Å². The van der Waals surface area contributed by atoms with E-state index in [2.05, 4.69) is 21.7 Å². The maximum Gasteiger partial charge on any atom is 0.254 e. The maximum absolute atomic E-state index is 13.3. The maximum atomic E-state index is 13.3. The highest BCUT2D eigenvalue weighted by atomic mass is 19.1. The molecule has 2 heterocycles. The largest absolute Gasteiger partial charge is 0.497 e. The Hall–Kier alpha value is -4.27. The van der Waals surface area contributed by atoms with E-state index in [-0.39, 0.29) is 24.9 Å². The minimum atomic E-state index is -0.420. The molecule has 0 saturated carbocycles. The standard InChI is InChI=1S/C28H30FN5O3/c1-3-14-34(28(36)21-8-10-23(29)11-9-21)20-27(35)33-16-5-15-32(17-18-33)26-13-12-25(30-31-26)22-6-4-7-24(19-22)37-2/h3-4,6-13,19H,1,5,14-18,20H2,2H3. The second-order valence-corrected chi connectivity index (χ2v) is 8.71. The van der Waals surface area contributed by atoms with E-state index in [4.69, 9.17) is 4.74 Å². The van der Waals surface area contributed by atoms with Gasteiger partial charge in [-0.1, -0.05) is 18.2 Å². The van der Waals surface area contributed by atoms with Crippen molar-refractivity contribution in [2.45, 2.75) is 6.42 Å². The fourth-order valence-corrected chi connectivity index (χ4v) is 4.24. The van der Waals surface area contributed by atoms with Crippen LogP contribution in [0.1, 0.15) is 16.8 Å². The number of hydrogen-bond donors (Lipinski definition) is 0. The summed E-state index contributed by atoms with van der Waals surface area (Å²) in [5.74, 6) is 0.610. The molecule has 1 aliphatic rings. The molecule has 2 aromatic carbocycles. The molecule has 0 aliphatic carbocycles. The SMILES string of the molecule is C=CCN(CC(=O)N1CCCN(c2ccc(-c3cccc(OC)c3)nn2)CC1)C(=O)c1ccc(F)cc1. The average molecular weight is 504 g/mol. The van der Waals surface area contributed by atoms with Gasteiger partial charge in [-0.25, -0.2) is 4.39 Å². The Bertz CT molecular complexity index is 1230. The van der Waals surface area contributed by atoms with Crippen LogP contribution in [-0.4, -0.2) is 78.2 Å². The molecular weight excluding hydrogens is 473 g/mol. The fraction of sp³-hybridized carbons (Fsp3) is 0.286. The van der Waals surface area contributed by atoms with Crippen molar-refractivity contribution < 1.29 is 18.7 Å². The van der Waals surface area contributed by atoms with E-state index >= 15 is 0 Å². The van der Waals surface area contributed by atoms with E-state index in [1.54, 1.807) is 18.1 Å². The molecule has 4 rings (SSSR count). The molecule has 9 heteroatoms. The van der Waals surface area contributed by atoms with E-state index in [1.165, 1.54) is 29.2 Å². The zero-order valence-corrected chi connectivity index (χ0v) is 20.8. The molecule has 37 heavy (non-hydrogen) atoms. The van der Waals surface area contributed by atoms with E-state index in [0.717, 1.165) is 35.8 Å². The first-order chi connectivity index (χ1) is 18.0. The van der Waals surface area contributed by atoms with E-state index in [1.807, 2.05) is 36.4 Å². The molecule has 8 nitrogen and oxygen atoms in total. The molecule has 0 N–H and O–H groups in total. The molecule has 0 radical (unpaired) electrons. The summed E-state index contributed by atoms with van der Waals surface area (Å²) in [6.45, 7) is 6.27. The number of nitrogens with zero attached hydrogens (tertiary/aromatic N) is 5. The van der Waals surface area contributed by atoms with Gasteiger partial charge in [0.25, 0.3) is 5.91 Å². The number of anilines is 1. The lowest BCUT2D eigenvalue weighted by atomic mass is 10.1. The number of carbonyl (C=O) groups is 2. The van der Waals surface area contributed by atoms with Crippen LogP contribution in [0.2, 0.25) is 0 Å². The van der Waals surface area contributed by atoms with Crippen LogP contribution in [-0.2, 0) is 4.79 Å². The van der Waals surface area contributed by atoms with Gasteiger partial charge in [-0.15, -0.1) is 16.8 Å². The zero-order valence-electron chi connectivity index (χ0n) is 20.8. The Morgan fingerprint density at radius 1 is 1.05 bits per heavy atom. The Balaban J connectivity index is 1.37. The van der Waals surface area contributed by atoms with Gasteiger partial charge >= 0.3 is 0 Å². The van der Waals surface area contributed by atoms with Crippen molar-refractivity contribution in [1.29, 1.82) is 0 Å². The van der Waals surface area contributed by atoms with Crippen LogP contribution >= 0.6 is 0 Å². The normalized spacial score (nSPS) is 13.6. The van der Waals surface area contributed by atoms with Crippen LogP contribution in [0.5, 0.6) is 5.75 Å². The summed E-state index contributed by atoms with van der Waals surface area (Å²) in [6.07, 6.45) is 2.34. The summed E-state index contributed by atoms with van der Waals surface area (Å²) < 4.78 is 18.5. The third kappa shape index (κ3) is 6.49. The lowest BCUT2D eigenvalue weighted by Gasteiger charge is -2.26. The summed E-state index contributed by atoms with van der Waals surface area (Å²) in [6, 6.07) is 16.8. The van der Waals surface area contributed by atoms with Crippen molar-refractivity contribution in [3.63, 3.8) is 0 Å². The van der Waals surface area contributed by atoms with Gasteiger partial charge in [-0.2, -0.15) is 0 Å². The molecule has 1 aliphatic heterocycles. The number of rotatable bonds is 8. The van der Waals surface area contributed by atoms with Gasteiger partial charge in [0.2, 0.25) is 5.91 Å². The topological polar surface area (TPSA) is 78.9 Å². The van der Waals surface area contributed by atoms with Crippen molar-refractivity contribution in [3.05, 3.63) is 84.7 Å². The van der Waals surface area contributed by atoms with Crippen LogP contribution in [0.15, 0.2) is 73.3 Å². The first kappa shape index (κ1) is 25.8. The molecule has 0 atom stereocenters. The molecule has 1 fully saturated rings. The van der Waals surface area contributed by atoms with E-state index in [0.29, 0.717) is 25.2 Å². The van der Waals surface area contributed by atoms with Gasteiger partial charge in [0.05, 0.1) is 12.8 Å². The number of hydrogen-bond acceptors (Lipinski definition) is 6. The highest BCUT2D eigenvalue weighted by Crippen LogP contribution is 2.23. The number of amides is 2. The second-order valence-electron chi connectivity index (χ2n) is 8.71. The number of benzene rings is 2. The van der Waals surface area contributed by atoms with Crippen LogP contribution in [0, 0.1) is 5.82 Å². The van der Waals surface area contributed by atoms with Gasteiger partial charge in [-0.05, 0) is 55.0 Å².